The van der Waals surface area contributed by atoms with E-state index in [2.05, 4.69) is 5.32 Å². The lowest BCUT2D eigenvalue weighted by Gasteiger charge is -2.28. The van der Waals surface area contributed by atoms with E-state index in [1.165, 1.54) is 42.6 Å². The van der Waals surface area contributed by atoms with Gasteiger partial charge >= 0.3 is 0 Å². The number of hydrogen-bond donors (Lipinski definition) is 1. The van der Waals surface area contributed by atoms with Crippen LogP contribution < -0.4 is 15.0 Å². The van der Waals surface area contributed by atoms with Crippen LogP contribution in [0.15, 0.2) is 90.5 Å². The molecule has 2 amide bonds. The Morgan fingerprint density at radius 3 is 2.19 bits per heavy atom. The molecule has 0 bridgehead atoms. The lowest BCUT2D eigenvalue weighted by Crippen LogP contribution is -2.54. The Labute approximate surface area is 220 Å². The van der Waals surface area contributed by atoms with Gasteiger partial charge in [0.1, 0.15) is 17.1 Å². The van der Waals surface area contributed by atoms with Crippen LogP contribution in [0.5, 0.6) is 11.5 Å². The number of amides is 2. The van der Waals surface area contributed by atoms with Crippen molar-refractivity contribution in [3.63, 3.8) is 0 Å². The Kier molecular flexibility index (Phi) is 7.23. The van der Waals surface area contributed by atoms with E-state index in [0.29, 0.717) is 28.7 Å². The van der Waals surface area contributed by atoms with Crippen LogP contribution in [0.1, 0.15) is 53.9 Å². The largest absolute Gasteiger partial charge is 0.457 e. The Bertz CT molecular complexity index is 1360. The van der Waals surface area contributed by atoms with Gasteiger partial charge < -0.3 is 4.74 Å². The summed E-state index contributed by atoms with van der Waals surface area (Å²) in [4.78, 5) is 40.0. The smallest absolute Gasteiger partial charge is 0.270 e. The quantitative estimate of drug-likeness (QED) is 0.188. The summed E-state index contributed by atoms with van der Waals surface area (Å²) in [5, 5.41) is 2.47. The highest BCUT2D eigenvalue weighted by Crippen LogP contribution is 2.33. The molecular weight excluding hydrogens is 484 g/mol. The molecule has 1 heterocycles. The zero-order chi connectivity index (χ0) is 25.8. The third-order valence-electron chi connectivity index (χ3n) is 6.72. The van der Waals surface area contributed by atoms with Crippen LogP contribution in [0.2, 0.25) is 0 Å². The number of thiocarbonyl (C=S) groups is 1. The standard InChI is InChI=1S/C30H26N2O4S/c33-27(22-13-11-21(12-14-22)20-7-3-1-4-8-20)19-26-28(34)31-30(37)32(29(26)35)23-15-17-25(18-16-23)36-24-9-5-2-6-10-24/h2,5-6,9-20H,1,3-4,7-8H2,(H,31,34,37). The van der Waals surface area contributed by atoms with Gasteiger partial charge in [-0.15, -0.1) is 0 Å². The molecule has 3 aromatic rings. The van der Waals surface area contributed by atoms with Crippen LogP contribution in [-0.2, 0) is 9.59 Å². The van der Waals surface area contributed by atoms with Crippen molar-refractivity contribution in [2.75, 3.05) is 4.90 Å². The Hall–Kier alpha value is -4.10. The third kappa shape index (κ3) is 5.52. The van der Waals surface area contributed by atoms with Gasteiger partial charge in [0.15, 0.2) is 10.9 Å². The number of carbonyl (C=O) groups excluding carboxylic acids is 3. The van der Waals surface area contributed by atoms with Gasteiger partial charge in [0.25, 0.3) is 11.8 Å². The van der Waals surface area contributed by atoms with E-state index in [4.69, 9.17) is 17.0 Å². The molecule has 2 aliphatic rings. The monoisotopic (exact) mass is 510 g/mol. The van der Waals surface area contributed by atoms with Gasteiger partial charge in [-0.05, 0) is 72.9 Å². The summed E-state index contributed by atoms with van der Waals surface area (Å²) in [6.45, 7) is 0. The molecule has 0 aromatic heterocycles. The molecule has 37 heavy (non-hydrogen) atoms. The molecule has 0 atom stereocenters. The van der Waals surface area contributed by atoms with Crippen LogP contribution in [0, 0.1) is 0 Å². The fourth-order valence-corrected chi connectivity index (χ4v) is 5.03. The summed E-state index contributed by atoms with van der Waals surface area (Å²) in [6, 6.07) is 23.6. The van der Waals surface area contributed by atoms with E-state index in [-0.39, 0.29) is 10.7 Å². The molecule has 1 N–H and O–H groups in total. The number of para-hydroxylation sites is 1. The number of carbonyl (C=O) groups is 3. The number of hydrogen-bond acceptors (Lipinski definition) is 5. The van der Waals surface area contributed by atoms with Gasteiger partial charge in [0, 0.05) is 11.6 Å². The summed E-state index contributed by atoms with van der Waals surface area (Å²) in [7, 11) is 0. The molecule has 0 radical (unpaired) electrons. The number of anilines is 1. The van der Waals surface area contributed by atoms with Gasteiger partial charge in [-0.25, -0.2) is 0 Å². The van der Waals surface area contributed by atoms with E-state index in [1.807, 2.05) is 42.5 Å². The second-order valence-corrected chi connectivity index (χ2v) is 9.57. The summed E-state index contributed by atoms with van der Waals surface area (Å²) in [6.07, 6.45) is 7.17. The molecular formula is C30H26N2O4S. The number of allylic oxidation sites excluding steroid dienone is 1. The Morgan fingerprint density at radius 1 is 0.865 bits per heavy atom. The molecule has 3 aromatic carbocycles. The lowest BCUT2D eigenvalue weighted by atomic mass is 9.84. The summed E-state index contributed by atoms with van der Waals surface area (Å²) in [5.41, 5.74) is 1.84. The topological polar surface area (TPSA) is 75.7 Å². The van der Waals surface area contributed by atoms with Crippen molar-refractivity contribution in [1.82, 2.24) is 5.32 Å². The van der Waals surface area contributed by atoms with Crippen molar-refractivity contribution in [3.05, 3.63) is 102 Å². The summed E-state index contributed by atoms with van der Waals surface area (Å²) >= 11 is 5.27. The number of rotatable bonds is 6. The second-order valence-electron chi connectivity index (χ2n) is 9.19. The zero-order valence-electron chi connectivity index (χ0n) is 20.2. The molecule has 186 valence electrons. The van der Waals surface area contributed by atoms with Crippen molar-refractivity contribution >= 4 is 40.6 Å². The number of benzene rings is 3. The number of nitrogens with zero attached hydrogens (tertiary/aromatic N) is 1. The van der Waals surface area contributed by atoms with E-state index in [1.54, 1.807) is 36.4 Å². The van der Waals surface area contributed by atoms with Crippen LogP contribution in [0.25, 0.3) is 0 Å². The first kappa shape index (κ1) is 24.6. The first-order chi connectivity index (χ1) is 18.0. The van der Waals surface area contributed by atoms with Crippen molar-refractivity contribution in [3.8, 4) is 11.5 Å². The van der Waals surface area contributed by atoms with Crippen molar-refractivity contribution in [1.29, 1.82) is 0 Å². The SMILES string of the molecule is O=C1NC(=S)N(c2ccc(Oc3ccccc3)cc2)C(=O)C1=CC(=O)c1ccc(C2CCCCC2)cc1. The average Bonchev–Trinajstić information content (AvgIpc) is 2.93. The molecule has 1 aliphatic carbocycles. The molecule has 0 unspecified atom stereocenters. The average molecular weight is 511 g/mol. The van der Waals surface area contributed by atoms with Gasteiger partial charge in [0.05, 0.1) is 5.69 Å². The van der Waals surface area contributed by atoms with E-state index in [9.17, 15) is 14.4 Å². The van der Waals surface area contributed by atoms with E-state index >= 15 is 0 Å². The molecule has 0 spiro atoms. The molecule has 1 aliphatic heterocycles. The predicted octanol–water partition coefficient (Wildman–Crippen LogP) is 6.08. The second kappa shape index (κ2) is 10.9. The minimum Gasteiger partial charge on any atom is -0.457 e. The highest BCUT2D eigenvalue weighted by Gasteiger charge is 2.35. The Balaban J connectivity index is 1.33. The van der Waals surface area contributed by atoms with E-state index < -0.39 is 17.6 Å². The van der Waals surface area contributed by atoms with Gasteiger partial charge in [-0.3, -0.25) is 24.6 Å². The number of nitrogens with one attached hydrogen (secondary N) is 1. The maximum Gasteiger partial charge on any atom is 0.270 e. The highest BCUT2D eigenvalue weighted by atomic mass is 32.1. The van der Waals surface area contributed by atoms with Crippen LogP contribution in [0.4, 0.5) is 5.69 Å². The lowest BCUT2D eigenvalue weighted by molar-refractivity contribution is -0.122. The molecule has 7 heteroatoms. The maximum atomic E-state index is 13.3. The fourth-order valence-electron chi connectivity index (χ4n) is 4.75. The van der Waals surface area contributed by atoms with Crippen molar-refractivity contribution in [2.24, 2.45) is 0 Å². The van der Waals surface area contributed by atoms with Crippen LogP contribution in [0.3, 0.4) is 0 Å². The fraction of sp³-hybridized carbons (Fsp3) is 0.200. The summed E-state index contributed by atoms with van der Waals surface area (Å²) < 4.78 is 5.80. The number of ether oxygens (including phenoxy) is 1. The molecule has 1 saturated heterocycles. The Morgan fingerprint density at radius 2 is 1.51 bits per heavy atom. The first-order valence-electron chi connectivity index (χ1n) is 12.4. The molecule has 5 rings (SSSR count). The van der Waals surface area contributed by atoms with Gasteiger partial charge in [0.2, 0.25) is 0 Å². The summed E-state index contributed by atoms with van der Waals surface area (Å²) in [5.74, 6) is 0.0359. The van der Waals surface area contributed by atoms with Crippen molar-refractivity contribution in [2.45, 2.75) is 38.0 Å². The molecule has 1 saturated carbocycles. The minimum atomic E-state index is -0.692. The van der Waals surface area contributed by atoms with Gasteiger partial charge in [-0.1, -0.05) is 61.7 Å². The molecule has 6 nitrogen and oxygen atoms in total. The van der Waals surface area contributed by atoms with Crippen molar-refractivity contribution < 1.29 is 19.1 Å². The normalized spacial score (nSPS) is 17.6. The third-order valence-corrected chi connectivity index (χ3v) is 7.01. The first-order valence-corrected chi connectivity index (χ1v) is 12.8. The predicted molar refractivity (Wildman–Crippen MR) is 146 cm³/mol. The van der Waals surface area contributed by atoms with Crippen LogP contribution in [-0.4, -0.2) is 22.7 Å². The highest BCUT2D eigenvalue weighted by molar-refractivity contribution is 7.80. The minimum absolute atomic E-state index is 0.0480. The number of ketones is 1. The van der Waals surface area contributed by atoms with Gasteiger partial charge in [-0.2, -0.15) is 0 Å². The molecule has 2 fully saturated rings. The van der Waals surface area contributed by atoms with E-state index in [0.717, 1.165) is 6.08 Å². The van der Waals surface area contributed by atoms with Crippen LogP contribution >= 0.6 is 12.2 Å². The zero-order valence-corrected chi connectivity index (χ0v) is 21.0. The maximum absolute atomic E-state index is 13.3.